The van der Waals surface area contributed by atoms with Crippen LogP contribution >= 0.6 is 0 Å². The van der Waals surface area contributed by atoms with Crippen LogP contribution in [0.1, 0.15) is 92.4 Å². The first-order valence-electron chi connectivity index (χ1n) is 12.7. The maximum absolute atomic E-state index is 12.6. The monoisotopic (exact) mass is 426 g/mol. The molecule has 31 heavy (non-hydrogen) atoms. The summed E-state index contributed by atoms with van der Waals surface area (Å²) in [7, 11) is 1.88. The Bertz CT molecular complexity index is 839. The zero-order chi connectivity index (χ0) is 22.2. The molecule has 0 aromatic rings. The van der Waals surface area contributed by atoms with Crippen LogP contribution in [0.15, 0.2) is 22.8 Å². The average molecular weight is 427 g/mol. The lowest BCUT2D eigenvalue weighted by atomic mass is 9.46. The molecule has 1 heterocycles. The fourth-order valence-corrected chi connectivity index (χ4v) is 9.18. The summed E-state index contributed by atoms with van der Waals surface area (Å²) in [5, 5.41) is 0. The molecule has 0 aromatic carbocycles. The number of hydrogen-bond donors (Lipinski definition) is 0. The van der Waals surface area contributed by atoms with Crippen molar-refractivity contribution in [3.8, 4) is 0 Å². The molecule has 0 radical (unpaired) electrons. The summed E-state index contributed by atoms with van der Waals surface area (Å²) in [6.07, 6.45) is 13.9. The highest BCUT2D eigenvalue weighted by Crippen LogP contribution is 2.68. The first kappa shape index (κ1) is 21.7. The molecule has 0 bridgehead atoms. The highest BCUT2D eigenvalue weighted by Gasteiger charge is 2.62. The van der Waals surface area contributed by atoms with E-state index >= 15 is 0 Å². The fourth-order valence-electron chi connectivity index (χ4n) is 9.18. The summed E-state index contributed by atoms with van der Waals surface area (Å²) in [5.74, 6) is 2.75. The van der Waals surface area contributed by atoms with Gasteiger partial charge in [0.15, 0.2) is 0 Å². The number of methoxy groups -OCH3 is 1. The molecule has 0 spiro atoms. The van der Waals surface area contributed by atoms with Gasteiger partial charge in [0.25, 0.3) is 0 Å². The van der Waals surface area contributed by atoms with E-state index in [9.17, 15) is 4.79 Å². The first-order chi connectivity index (χ1) is 14.6. The van der Waals surface area contributed by atoms with E-state index in [0.717, 1.165) is 36.2 Å². The second-order valence-electron chi connectivity index (χ2n) is 12.3. The molecule has 1 aliphatic heterocycles. The van der Waals surface area contributed by atoms with E-state index < -0.39 is 0 Å². The molecule has 5 rings (SSSR count). The van der Waals surface area contributed by atoms with Gasteiger partial charge in [-0.2, -0.15) is 0 Å². The topological polar surface area (TPSA) is 35.5 Å². The minimum atomic E-state index is -0.340. The van der Waals surface area contributed by atoms with Gasteiger partial charge < -0.3 is 9.47 Å². The van der Waals surface area contributed by atoms with Crippen molar-refractivity contribution >= 4 is 5.97 Å². The Labute approximate surface area is 189 Å². The zero-order valence-corrected chi connectivity index (χ0v) is 20.6. The summed E-state index contributed by atoms with van der Waals surface area (Å²) < 4.78 is 11.9. The van der Waals surface area contributed by atoms with Crippen LogP contribution in [0.2, 0.25) is 0 Å². The summed E-state index contributed by atoms with van der Waals surface area (Å²) in [6.45, 7) is 11.4. The van der Waals surface area contributed by atoms with Crippen LogP contribution in [-0.2, 0) is 14.3 Å². The molecule has 0 N–H and O–H groups in total. The molecular formula is C28H42O3. The molecule has 3 fully saturated rings. The number of allylic oxidation sites excluding steroid dienone is 1. The van der Waals surface area contributed by atoms with Crippen molar-refractivity contribution in [2.24, 2.45) is 34.5 Å². The number of carbonyl (C=O) groups excluding carboxylic acids is 1. The molecule has 0 unspecified atom stereocenters. The number of cyclic esters (lactones) is 1. The van der Waals surface area contributed by atoms with E-state index in [1.54, 1.807) is 5.57 Å². The molecule has 0 aromatic heterocycles. The third-order valence-corrected chi connectivity index (χ3v) is 11.0. The molecule has 8 atom stereocenters. The lowest BCUT2D eigenvalue weighted by Crippen LogP contribution is -2.54. The molecule has 3 heteroatoms. The van der Waals surface area contributed by atoms with Crippen molar-refractivity contribution in [1.82, 2.24) is 0 Å². The third-order valence-electron chi connectivity index (χ3n) is 11.0. The smallest absolute Gasteiger partial charge is 0.334 e. The van der Waals surface area contributed by atoms with Crippen LogP contribution in [0.3, 0.4) is 0 Å². The Morgan fingerprint density at radius 2 is 1.81 bits per heavy atom. The molecule has 0 amide bonds. The van der Waals surface area contributed by atoms with E-state index in [1.807, 2.05) is 14.0 Å². The van der Waals surface area contributed by atoms with E-state index in [2.05, 4.69) is 33.8 Å². The minimum absolute atomic E-state index is 0.0837. The van der Waals surface area contributed by atoms with Crippen molar-refractivity contribution in [1.29, 1.82) is 0 Å². The van der Waals surface area contributed by atoms with Crippen molar-refractivity contribution in [3.05, 3.63) is 22.8 Å². The highest BCUT2D eigenvalue weighted by atomic mass is 16.6. The molecule has 3 nitrogen and oxygen atoms in total. The van der Waals surface area contributed by atoms with Crippen molar-refractivity contribution in [2.75, 3.05) is 7.11 Å². The number of ether oxygens (including phenoxy) is 2. The minimum Gasteiger partial charge on any atom is -0.455 e. The lowest BCUT2D eigenvalue weighted by Gasteiger charge is -2.59. The summed E-state index contributed by atoms with van der Waals surface area (Å²) in [6, 6.07) is 0. The Balaban J connectivity index is 1.43. The number of carbonyl (C=O) groups is 1. The molecule has 5 aliphatic rings. The van der Waals surface area contributed by atoms with Gasteiger partial charge in [-0.15, -0.1) is 0 Å². The van der Waals surface area contributed by atoms with E-state index in [0.29, 0.717) is 17.4 Å². The van der Waals surface area contributed by atoms with Gasteiger partial charge in [-0.25, -0.2) is 4.79 Å². The van der Waals surface area contributed by atoms with Gasteiger partial charge in [0.05, 0.1) is 6.10 Å². The third kappa shape index (κ3) is 3.05. The first-order valence-corrected chi connectivity index (χ1v) is 12.7. The van der Waals surface area contributed by atoms with Crippen LogP contribution in [-0.4, -0.2) is 24.8 Å². The van der Waals surface area contributed by atoms with Crippen LogP contribution < -0.4 is 0 Å². The van der Waals surface area contributed by atoms with Crippen molar-refractivity contribution in [3.63, 3.8) is 0 Å². The largest absolute Gasteiger partial charge is 0.455 e. The Morgan fingerprint density at radius 3 is 2.52 bits per heavy atom. The SMILES string of the molecule is CO[C@H]1CC[C@@]2(C)C(=CC[C@H]3[C@@H]4CC[C@H]([C@]5(C)CC(C)=C(C)C(=O)O5)[C@@]4(C)CC[C@@H]32)C1. The van der Waals surface area contributed by atoms with Crippen LogP contribution in [0.25, 0.3) is 0 Å². The number of rotatable bonds is 2. The maximum Gasteiger partial charge on any atom is 0.334 e. The summed E-state index contributed by atoms with van der Waals surface area (Å²) >= 11 is 0. The number of hydrogen-bond acceptors (Lipinski definition) is 3. The Kier molecular flexibility index (Phi) is 5.05. The second-order valence-corrected chi connectivity index (χ2v) is 12.3. The van der Waals surface area contributed by atoms with Gasteiger partial charge in [0.2, 0.25) is 0 Å². The Hall–Kier alpha value is -1.09. The number of esters is 1. The summed E-state index contributed by atoms with van der Waals surface area (Å²) in [5.41, 5.74) is 4.06. The predicted molar refractivity (Wildman–Crippen MR) is 123 cm³/mol. The predicted octanol–water partition coefficient (Wildman–Crippen LogP) is 6.62. The standard InChI is InChI=1S/C28H42O3/c1-17-16-28(5,31-25(29)18(17)2)24-10-9-22-21-8-7-19-15-20(30-6)11-13-26(19,3)23(21)12-14-27(22,24)4/h7,20-24H,8-16H2,1-6H3/t20-,21-,22-,23-,24-,26-,27-,28-/m0/s1. The van der Waals surface area contributed by atoms with E-state index in [4.69, 9.17) is 9.47 Å². The van der Waals surface area contributed by atoms with E-state index in [-0.39, 0.29) is 17.0 Å². The molecule has 4 aliphatic carbocycles. The van der Waals surface area contributed by atoms with Gasteiger partial charge in [-0.3, -0.25) is 0 Å². The van der Waals surface area contributed by atoms with Crippen molar-refractivity contribution in [2.45, 2.75) is 104 Å². The quantitative estimate of drug-likeness (QED) is 0.367. The van der Waals surface area contributed by atoms with E-state index in [1.165, 1.54) is 50.5 Å². The molecule has 172 valence electrons. The lowest BCUT2D eigenvalue weighted by molar-refractivity contribution is -0.171. The zero-order valence-electron chi connectivity index (χ0n) is 20.6. The van der Waals surface area contributed by atoms with Crippen molar-refractivity contribution < 1.29 is 14.3 Å². The molecular weight excluding hydrogens is 384 g/mol. The van der Waals surface area contributed by atoms with Crippen LogP contribution in [0.4, 0.5) is 0 Å². The van der Waals surface area contributed by atoms with Gasteiger partial charge in [0, 0.05) is 25.0 Å². The highest BCUT2D eigenvalue weighted by molar-refractivity contribution is 5.90. The number of fused-ring (bicyclic) bond motifs is 5. The fraction of sp³-hybridized carbons (Fsp3) is 0.821. The molecule has 3 saturated carbocycles. The maximum atomic E-state index is 12.6. The molecule has 0 saturated heterocycles. The van der Waals surface area contributed by atoms with Crippen LogP contribution in [0.5, 0.6) is 0 Å². The van der Waals surface area contributed by atoms with Gasteiger partial charge in [-0.1, -0.05) is 31.1 Å². The van der Waals surface area contributed by atoms with Crippen LogP contribution in [0, 0.1) is 34.5 Å². The van der Waals surface area contributed by atoms with Gasteiger partial charge >= 0.3 is 5.97 Å². The van der Waals surface area contributed by atoms with Gasteiger partial charge in [-0.05, 0) is 101 Å². The Morgan fingerprint density at radius 1 is 1.03 bits per heavy atom. The average Bonchev–Trinajstić information content (AvgIpc) is 3.09. The normalized spacial score (nSPS) is 49.7. The second kappa shape index (κ2) is 7.20. The summed E-state index contributed by atoms with van der Waals surface area (Å²) in [4.78, 5) is 12.6. The van der Waals surface area contributed by atoms with Gasteiger partial charge in [0.1, 0.15) is 5.60 Å².